The van der Waals surface area contributed by atoms with Gasteiger partial charge in [0, 0.05) is 0 Å². The number of benzene rings is 1. The molecule has 5 nitrogen and oxygen atoms in total. The van der Waals surface area contributed by atoms with Gasteiger partial charge in [-0.25, -0.2) is 5.06 Å². The van der Waals surface area contributed by atoms with Crippen molar-refractivity contribution in [1.29, 1.82) is 0 Å². The number of nitrogens with zero attached hydrogens (tertiary/aromatic N) is 1. The number of nitrogens with two attached hydrogens (primary N) is 1. The molecule has 1 rings (SSSR count). The van der Waals surface area contributed by atoms with Crippen molar-refractivity contribution in [3.63, 3.8) is 0 Å². The number of hydrogen-bond donors (Lipinski definition) is 2. The SMILES string of the molecule is CC(C)CC(C(N)=O)C(=O)N(O)C(CCc1ccccc1)CC(C)C. The van der Waals surface area contributed by atoms with Crippen LogP contribution in [0.2, 0.25) is 0 Å². The fourth-order valence-corrected chi connectivity index (χ4v) is 3.01. The summed E-state index contributed by atoms with van der Waals surface area (Å²) < 4.78 is 0. The third-order valence-corrected chi connectivity index (χ3v) is 4.27. The molecular weight excluding hydrogens is 316 g/mol. The molecule has 1 aromatic rings. The second-order valence-corrected chi connectivity index (χ2v) is 7.57. The van der Waals surface area contributed by atoms with E-state index in [-0.39, 0.29) is 12.0 Å². The van der Waals surface area contributed by atoms with Crippen molar-refractivity contribution < 1.29 is 14.8 Å². The molecule has 0 aliphatic rings. The van der Waals surface area contributed by atoms with E-state index in [0.29, 0.717) is 25.2 Å². The van der Waals surface area contributed by atoms with Crippen molar-refractivity contribution in [2.45, 2.75) is 59.4 Å². The van der Waals surface area contributed by atoms with Crippen LogP contribution >= 0.6 is 0 Å². The molecule has 3 N–H and O–H groups in total. The van der Waals surface area contributed by atoms with Crippen molar-refractivity contribution in [2.75, 3.05) is 0 Å². The van der Waals surface area contributed by atoms with E-state index in [1.165, 1.54) is 0 Å². The highest BCUT2D eigenvalue weighted by Crippen LogP contribution is 2.21. The number of carbonyl (C=O) groups excluding carboxylic acids is 2. The lowest BCUT2D eigenvalue weighted by Crippen LogP contribution is -2.46. The predicted octanol–water partition coefficient (Wildman–Crippen LogP) is 3.40. The lowest BCUT2D eigenvalue weighted by molar-refractivity contribution is -0.183. The Morgan fingerprint density at radius 2 is 1.60 bits per heavy atom. The van der Waals surface area contributed by atoms with Gasteiger partial charge in [0.15, 0.2) is 0 Å². The average Bonchev–Trinajstić information content (AvgIpc) is 2.55. The van der Waals surface area contributed by atoms with Crippen molar-refractivity contribution >= 4 is 11.8 Å². The van der Waals surface area contributed by atoms with Gasteiger partial charge in [-0.3, -0.25) is 14.8 Å². The molecule has 0 radical (unpaired) electrons. The highest BCUT2D eigenvalue weighted by atomic mass is 16.5. The number of amides is 2. The molecular formula is C20H32N2O3. The molecule has 25 heavy (non-hydrogen) atoms. The van der Waals surface area contributed by atoms with Gasteiger partial charge in [-0.05, 0) is 43.1 Å². The largest absolute Gasteiger partial charge is 0.369 e. The van der Waals surface area contributed by atoms with Crippen LogP contribution in [0.5, 0.6) is 0 Å². The van der Waals surface area contributed by atoms with Crippen molar-refractivity contribution in [2.24, 2.45) is 23.5 Å². The maximum Gasteiger partial charge on any atom is 0.258 e. The molecule has 0 fully saturated rings. The molecule has 1 aromatic carbocycles. The third-order valence-electron chi connectivity index (χ3n) is 4.27. The van der Waals surface area contributed by atoms with Gasteiger partial charge in [0.1, 0.15) is 5.92 Å². The highest BCUT2D eigenvalue weighted by molar-refractivity contribution is 5.99. The number of rotatable bonds is 10. The fourth-order valence-electron chi connectivity index (χ4n) is 3.01. The summed E-state index contributed by atoms with van der Waals surface area (Å²) >= 11 is 0. The topological polar surface area (TPSA) is 83.6 Å². The Morgan fingerprint density at radius 3 is 2.08 bits per heavy atom. The molecule has 2 amide bonds. The summed E-state index contributed by atoms with van der Waals surface area (Å²) in [5, 5.41) is 11.3. The molecule has 0 aromatic heterocycles. The van der Waals surface area contributed by atoms with Crippen LogP contribution in [0.1, 0.15) is 52.5 Å². The zero-order valence-electron chi connectivity index (χ0n) is 15.8. The van der Waals surface area contributed by atoms with Crippen LogP contribution < -0.4 is 5.73 Å². The summed E-state index contributed by atoms with van der Waals surface area (Å²) in [4.78, 5) is 24.3. The molecule has 0 spiro atoms. The molecule has 0 aliphatic carbocycles. The molecule has 0 heterocycles. The summed E-state index contributed by atoms with van der Waals surface area (Å²) in [6.45, 7) is 7.94. The standard InChI is InChI=1S/C20H32N2O3/c1-14(2)12-17(11-10-16-8-6-5-7-9-16)22(25)20(24)18(19(21)23)13-15(3)4/h5-9,14-15,17-18,25H,10-13H2,1-4H3,(H2,21,23). The van der Waals surface area contributed by atoms with Gasteiger partial charge in [0.25, 0.3) is 5.91 Å². The minimum Gasteiger partial charge on any atom is -0.369 e. The predicted molar refractivity (Wildman–Crippen MR) is 98.8 cm³/mol. The molecule has 0 saturated carbocycles. The Hall–Kier alpha value is -1.88. The number of hydrogen-bond acceptors (Lipinski definition) is 3. The normalized spacial score (nSPS) is 13.7. The Balaban J connectivity index is 2.84. The lowest BCUT2D eigenvalue weighted by Gasteiger charge is -2.30. The van der Waals surface area contributed by atoms with Gasteiger partial charge < -0.3 is 5.73 Å². The minimum atomic E-state index is -0.976. The Bertz CT molecular complexity index is 543. The van der Waals surface area contributed by atoms with Gasteiger partial charge in [-0.1, -0.05) is 58.0 Å². The third kappa shape index (κ3) is 7.26. The van der Waals surface area contributed by atoms with Crippen LogP contribution in [0.25, 0.3) is 0 Å². The Labute approximate surface area is 151 Å². The van der Waals surface area contributed by atoms with Crippen molar-refractivity contribution in [3.8, 4) is 0 Å². The molecule has 0 saturated heterocycles. The number of aryl methyl sites for hydroxylation is 1. The van der Waals surface area contributed by atoms with Gasteiger partial charge in [0.2, 0.25) is 5.91 Å². The maximum atomic E-state index is 12.6. The Kier molecular flexibility index (Phi) is 8.62. The van der Waals surface area contributed by atoms with E-state index in [0.717, 1.165) is 17.0 Å². The van der Waals surface area contributed by atoms with Crippen LogP contribution in [-0.2, 0) is 16.0 Å². The van der Waals surface area contributed by atoms with Crippen molar-refractivity contribution in [1.82, 2.24) is 5.06 Å². The van der Waals surface area contributed by atoms with Gasteiger partial charge >= 0.3 is 0 Å². The first-order valence-corrected chi connectivity index (χ1v) is 9.07. The molecule has 140 valence electrons. The summed E-state index contributed by atoms with van der Waals surface area (Å²) in [7, 11) is 0. The second kappa shape index (κ2) is 10.2. The molecule has 2 unspecified atom stereocenters. The molecule has 2 atom stereocenters. The Morgan fingerprint density at radius 1 is 1.04 bits per heavy atom. The average molecular weight is 348 g/mol. The summed E-state index contributed by atoms with van der Waals surface area (Å²) in [5.41, 5.74) is 6.55. The summed E-state index contributed by atoms with van der Waals surface area (Å²) in [6.07, 6.45) is 2.41. The summed E-state index contributed by atoms with van der Waals surface area (Å²) in [5.74, 6) is -1.77. The maximum absolute atomic E-state index is 12.6. The number of carbonyl (C=O) groups is 2. The molecule has 5 heteroatoms. The number of primary amides is 1. The van der Waals surface area contributed by atoms with E-state index in [2.05, 4.69) is 0 Å². The van der Waals surface area contributed by atoms with E-state index in [4.69, 9.17) is 5.73 Å². The van der Waals surface area contributed by atoms with Crippen LogP contribution in [0.4, 0.5) is 0 Å². The monoisotopic (exact) mass is 348 g/mol. The van der Waals surface area contributed by atoms with Gasteiger partial charge in [-0.2, -0.15) is 0 Å². The fraction of sp³-hybridized carbons (Fsp3) is 0.600. The number of hydroxylamine groups is 2. The van der Waals surface area contributed by atoms with Gasteiger partial charge in [0.05, 0.1) is 6.04 Å². The highest BCUT2D eigenvalue weighted by Gasteiger charge is 2.33. The molecule has 0 bridgehead atoms. The quantitative estimate of drug-likeness (QED) is 0.386. The summed E-state index contributed by atoms with van der Waals surface area (Å²) in [6, 6.07) is 9.63. The second-order valence-electron chi connectivity index (χ2n) is 7.57. The van der Waals surface area contributed by atoms with E-state index >= 15 is 0 Å². The van der Waals surface area contributed by atoms with E-state index in [1.807, 2.05) is 58.0 Å². The lowest BCUT2D eigenvalue weighted by atomic mass is 9.93. The smallest absolute Gasteiger partial charge is 0.258 e. The zero-order valence-corrected chi connectivity index (χ0v) is 15.8. The first-order valence-electron chi connectivity index (χ1n) is 9.07. The van der Waals surface area contributed by atoms with Crippen LogP contribution in [-0.4, -0.2) is 28.1 Å². The van der Waals surface area contributed by atoms with E-state index < -0.39 is 17.7 Å². The van der Waals surface area contributed by atoms with Crippen LogP contribution in [0.15, 0.2) is 30.3 Å². The first kappa shape index (κ1) is 21.2. The van der Waals surface area contributed by atoms with E-state index in [1.54, 1.807) is 0 Å². The zero-order chi connectivity index (χ0) is 19.0. The minimum absolute atomic E-state index is 0.141. The van der Waals surface area contributed by atoms with Gasteiger partial charge in [-0.15, -0.1) is 0 Å². The van der Waals surface area contributed by atoms with Crippen LogP contribution in [0.3, 0.4) is 0 Å². The molecule has 0 aliphatic heterocycles. The van der Waals surface area contributed by atoms with Crippen molar-refractivity contribution in [3.05, 3.63) is 35.9 Å². The first-order chi connectivity index (χ1) is 11.7. The van der Waals surface area contributed by atoms with E-state index in [9.17, 15) is 14.8 Å². The van der Waals surface area contributed by atoms with Crippen LogP contribution in [0, 0.1) is 17.8 Å².